The highest BCUT2D eigenvalue weighted by Gasteiger charge is 2.35. The van der Waals surface area contributed by atoms with Crippen LogP contribution in [0, 0.1) is 0 Å². The molecule has 0 saturated carbocycles. The largest absolute Gasteiger partial charge is 0.494 e. The molecule has 1 aliphatic heterocycles. The lowest BCUT2D eigenvalue weighted by atomic mass is 10.2. The van der Waals surface area contributed by atoms with Gasteiger partial charge in [-0.15, -0.1) is 0 Å². The van der Waals surface area contributed by atoms with E-state index in [9.17, 15) is 8.42 Å². The van der Waals surface area contributed by atoms with E-state index in [1.807, 2.05) is 13.8 Å². The molecule has 2 atom stereocenters. The van der Waals surface area contributed by atoms with Crippen LogP contribution in [0.25, 0.3) is 0 Å². The Morgan fingerprint density at radius 1 is 1.43 bits per heavy atom. The number of benzene rings is 1. The number of hydrogen-bond acceptors (Lipinski definition) is 4. The number of hydrogen-bond donors (Lipinski definition) is 1. The van der Waals surface area contributed by atoms with E-state index in [4.69, 9.17) is 16.3 Å². The molecule has 0 amide bonds. The molecule has 0 aliphatic carbocycles. The van der Waals surface area contributed by atoms with Gasteiger partial charge in [0.15, 0.2) is 5.75 Å². The monoisotopic (exact) mass is 396 g/mol. The lowest BCUT2D eigenvalue weighted by Gasteiger charge is -2.36. The summed E-state index contributed by atoms with van der Waals surface area (Å²) in [5.41, 5.74) is 0. The molecule has 0 spiro atoms. The maximum Gasteiger partial charge on any atom is 0.247 e. The lowest BCUT2D eigenvalue weighted by molar-refractivity contribution is 0.244. The van der Waals surface area contributed by atoms with Crippen LogP contribution in [-0.4, -0.2) is 45.0 Å². The third-order valence-corrected chi connectivity index (χ3v) is 6.26. The Morgan fingerprint density at radius 3 is 2.71 bits per heavy atom. The van der Waals surface area contributed by atoms with Crippen LogP contribution in [0.5, 0.6) is 5.75 Å². The fourth-order valence-electron chi connectivity index (χ4n) is 2.38. The van der Waals surface area contributed by atoms with Crippen molar-refractivity contribution < 1.29 is 13.2 Å². The first-order valence-electron chi connectivity index (χ1n) is 6.55. The van der Waals surface area contributed by atoms with E-state index in [0.29, 0.717) is 22.6 Å². The maximum atomic E-state index is 13.0. The molecule has 21 heavy (non-hydrogen) atoms. The van der Waals surface area contributed by atoms with Gasteiger partial charge in [0.2, 0.25) is 10.0 Å². The average Bonchev–Trinajstić information content (AvgIpc) is 2.40. The summed E-state index contributed by atoms with van der Waals surface area (Å²) in [6, 6.07) is 3.02. The van der Waals surface area contributed by atoms with Crippen molar-refractivity contribution in [1.82, 2.24) is 9.62 Å². The summed E-state index contributed by atoms with van der Waals surface area (Å²) in [5, 5.41) is 3.61. The van der Waals surface area contributed by atoms with Crippen molar-refractivity contribution in [3.05, 3.63) is 21.6 Å². The second kappa shape index (κ2) is 6.42. The molecule has 0 aromatic heterocycles. The molecule has 1 aromatic rings. The minimum atomic E-state index is -3.68. The Balaban J connectivity index is 2.53. The summed E-state index contributed by atoms with van der Waals surface area (Å²) in [7, 11) is -2.24. The number of sulfonamides is 1. The summed E-state index contributed by atoms with van der Waals surface area (Å²) in [6.45, 7) is 4.86. The molecule has 1 aliphatic rings. The first-order chi connectivity index (χ1) is 9.77. The van der Waals surface area contributed by atoms with Crippen molar-refractivity contribution in [3.63, 3.8) is 0 Å². The minimum Gasteiger partial charge on any atom is -0.494 e. The van der Waals surface area contributed by atoms with E-state index in [0.717, 1.165) is 0 Å². The van der Waals surface area contributed by atoms with Crippen LogP contribution in [0.4, 0.5) is 0 Å². The predicted molar refractivity (Wildman–Crippen MR) is 86.5 cm³/mol. The second-order valence-electron chi connectivity index (χ2n) is 5.15. The Bertz CT molecular complexity index is 639. The van der Waals surface area contributed by atoms with Crippen LogP contribution in [0.3, 0.4) is 0 Å². The first-order valence-corrected chi connectivity index (χ1v) is 9.16. The SMILES string of the molecule is COc1c(Br)cc(Cl)cc1S(=O)(=O)N1CC(C)NCC1C. The van der Waals surface area contributed by atoms with E-state index in [-0.39, 0.29) is 22.7 Å². The molecule has 1 fully saturated rings. The van der Waals surface area contributed by atoms with Gasteiger partial charge in [0.1, 0.15) is 4.90 Å². The van der Waals surface area contributed by atoms with Crippen LogP contribution in [-0.2, 0) is 10.0 Å². The smallest absolute Gasteiger partial charge is 0.247 e. The molecule has 0 bridgehead atoms. The summed E-state index contributed by atoms with van der Waals surface area (Å²) in [5.74, 6) is 0.276. The van der Waals surface area contributed by atoms with E-state index < -0.39 is 10.0 Å². The Morgan fingerprint density at radius 2 is 2.10 bits per heavy atom. The third-order valence-electron chi connectivity index (χ3n) is 3.47. The summed E-state index contributed by atoms with van der Waals surface area (Å²) < 4.78 is 33.2. The molecule has 1 N–H and O–H groups in total. The predicted octanol–water partition coefficient (Wildman–Crippen LogP) is 2.48. The van der Waals surface area contributed by atoms with Crippen LogP contribution in [0.2, 0.25) is 5.02 Å². The van der Waals surface area contributed by atoms with Gasteiger partial charge in [0, 0.05) is 30.2 Å². The zero-order valence-electron chi connectivity index (χ0n) is 12.1. The van der Waals surface area contributed by atoms with Crippen molar-refractivity contribution in [2.24, 2.45) is 0 Å². The molecule has 5 nitrogen and oxygen atoms in total. The molecule has 118 valence electrons. The Hall–Kier alpha value is -0.340. The number of ether oxygens (including phenoxy) is 1. The van der Waals surface area contributed by atoms with E-state index in [2.05, 4.69) is 21.2 Å². The van der Waals surface area contributed by atoms with E-state index >= 15 is 0 Å². The second-order valence-corrected chi connectivity index (χ2v) is 8.30. The molecule has 0 radical (unpaired) electrons. The zero-order chi connectivity index (χ0) is 15.8. The van der Waals surface area contributed by atoms with Crippen molar-refractivity contribution in [2.45, 2.75) is 30.8 Å². The third kappa shape index (κ3) is 3.37. The number of halogens is 2. The Kier molecular flexibility index (Phi) is 5.20. The van der Waals surface area contributed by atoms with Crippen LogP contribution < -0.4 is 10.1 Å². The maximum absolute atomic E-state index is 13.0. The summed E-state index contributed by atoms with van der Waals surface area (Å²) >= 11 is 9.31. The number of methoxy groups -OCH3 is 1. The lowest BCUT2D eigenvalue weighted by Crippen LogP contribution is -2.56. The number of rotatable bonds is 3. The quantitative estimate of drug-likeness (QED) is 0.851. The normalized spacial score (nSPS) is 24.0. The van der Waals surface area contributed by atoms with Gasteiger partial charge in [-0.25, -0.2) is 8.42 Å². The van der Waals surface area contributed by atoms with Gasteiger partial charge in [-0.2, -0.15) is 4.31 Å². The van der Waals surface area contributed by atoms with E-state index in [1.54, 1.807) is 6.07 Å². The minimum absolute atomic E-state index is 0.0883. The van der Waals surface area contributed by atoms with Gasteiger partial charge in [-0.3, -0.25) is 0 Å². The fraction of sp³-hybridized carbons (Fsp3) is 0.538. The zero-order valence-corrected chi connectivity index (χ0v) is 15.2. The average molecular weight is 398 g/mol. The van der Waals surface area contributed by atoms with Gasteiger partial charge < -0.3 is 10.1 Å². The molecule has 1 aromatic carbocycles. The van der Waals surface area contributed by atoms with Crippen LogP contribution in [0.1, 0.15) is 13.8 Å². The van der Waals surface area contributed by atoms with Crippen molar-refractivity contribution >= 4 is 37.6 Å². The standard InChI is InChI=1S/C13H18BrClN2O3S/c1-8-7-17(9(2)6-16-8)21(18,19)12-5-10(15)4-11(14)13(12)20-3/h4-5,8-9,16H,6-7H2,1-3H3. The number of nitrogens with one attached hydrogen (secondary N) is 1. The molecule has 8 heteroatoms. The topological polar surface area (TPSA) is 58.6 Å². The highest BCUT2D eigenvalue weighted by Crippen LogP contribution is 2.37. The highest BCUT2D eigenvalue weighted by molar-refractivity contribution is 9.10. The van der Waals surface area contributed by atoms with Crippen LogP contribution >= 0.6 is 27.5 Å². The van der Waals surface area contributed by atoms with Crippen molar-refractivity contribution in [1.29, 1.82) is 0 Å². The van der Waals surface area contributed by atoms with Gasteiger partial charge in [-0.1, -0.05) is 11.6 Å². The highest BCUT2D eigenvalue weighted by atomic mass is 79.9. The number of nitrogens with zero attached hydrogens (tertiary/aromatic N) is 1. The number of piperazine rings is 1. The van der Waals surface area contributed by atoms with E-state index in [1.165, 1.54) is 17.5 Å². The molecule has 1 heterocycles. The molecule has 1 saturated heterocycles. The molecule has 2 unspecified atom stereocenters. The van der Waals surface area contributed by atoms with Gasteiger partial charge >= 0.3 is 0 Å². The van der Waals surface area contributed by atoms with Gasteiger partial charge in [0.05, 0.1) is 11.6 Å². The molecular weight excluding hydrogens is 380 g/mol. The van der Waals surface area contributed by atoms with Crippen molar-refractivity contribution in [2.75, 3.05) is 20.2 Å². The summed E-state index contributed by atoms with van der Waals surface area (Å²) in [6.07, 6.45) is 0. The Labute approximate surface area is 138 Å². The fourth-order valence-corrected chi connectivity index (χ4v) is 5.47. The van der Waals surface area contributed by atoms with Gasteiger partial charge in [-0.05, 0) is 41.9 Å². The van der Waals surface area contributed by atoms with Gasteiger partial charge in [0.25, 0.3) is 0 Å². The van der Waals surface area contributed by atoms with Crippen LogP contribution in [0.15, 0.2) is 21.5 Å². The van der Waals surface area contributed by atoms with Crippen molar-refractivity contribution in [3.8, 4) is 5.75 Å². The molecule has 2 rings (SSSR count). The molecular formula is C13H18BrClN2O3S. The first kappa shape index (κ1) is 17.0. The summed E-state index contributed by atoms with van der Waals surface area (Å²) in [4.78, 5) is 0.0883.